The van der Waals surface area contributed by atoms with Crippen LogP contribution < -0.4 is 4.90 Å². The minimum absolute atomic E-state index is 0.163. The van der Waals surface area contributed by atoms with E-state index in [0.29, 0.717) is 28.3 Å². The van der Waals surface area contributed by atoms with E-state index in [0.717, 1.165) is 0 Å². The van der Waals surface area contributed by atoms with E-state index in [2.05, 4.69) is 20.4 Å². The Hall–Kier alpha value is -3.29. The molecule has 1 aliphatic rings. The van der Waals surface area contributed by atoms with E-state index in [1.165, 1.54) is 22.0 Å². The second kappa shape index (κ2) is 9.68. The second-order valence-corrected chi connectivity index (χ2v) is 8.01. The number of nitrogens with zero attached hydrogens (tertiary/aromatic N) is 6. The van der Waals surface area contributed by atoms with Crippen LogP contribution in [-0.2, 0) is 16.3 Å². The number of aliphatic hydroxyl groups excluding tert-OH is 1. The molecule has 0 spiro atoms. The lowest BCUT2D eigenvalue weighted by atomic mass is 10.1. The molecule has 13 nitrogen and oxygen atoms in total. The number of benzene rings is 1. The maximum Gasteiger partial charge on any atom is 0.466 e. The molecule has 2 atom stereocenters. The molecule has 3 aromatic rings. The first-order chi connectivity index (χ1) is 15.4. The molecule has 0 saturated carbocycles. The molecule has 1 amide bonds. The van der Waals surface area contributed by atoms with Gasteiger partial charge in [-0.3, -0.25) is 9.88 Å². The Morgan fingerprint density at radius 1 is 1.24 bits per heavy atom. The number of pyridine rings is 1. The standard InChI is InChI=1S/C18H17FN6O3.H3O4P/c1-10(26)16-9-25(18(27)28-16)12-4-5-13(14(19)7-12)11-3-6-15(20-8-11)17-21-23-24(2)22-17;1-5(2,3)4/h3-8,10,16,26H,9H2,1-2H3;(H3,1,2,3,4)/t10?,16-;/m0./s1. The predicted octanol–water partition coefficient (Wildman–Crippen LogP) is 0.856. The van der Waals surface area contributed by atoms with E-state index in [1.807, 2.05) is 0 Å². The van der Waals surface area contributed by atoms with Gasteiger partial charge in [-0.25, -0.2) is 13.8 Å². The molecule has 15 heteroatoms. The number of carbonyl (C=O) groups is 1. The molecule has 0 aliphatic carbocycles. The van der Waals surface area contributed by atoms with Gasteiger partial charge in [0.1, 0.15) is 17.6 Å². The molecule has 1 unspecified atom stereocenters. The number of cyclic esters (lactones) is 1. The van der Waals surface area contributed by atoms with E-state index in [9.17, 15) is 14.3 Å². The summed E-state index contributed by atoms with van der Waals surface area (Å²) in [5.74, 6) is -0.122. The minimum atomic E-state index is -4.64. The van der Waals surface area contributed by atoms with Crippen LogP contribution in [0.15, 0.2) is 36.5 Å². The van der Waals surface area contributed by atoms with Crippen molar-refractivity contribution in [2.45, 2.75) is 19.1 Å². The monoisotopic (exact) mass is 482 g/mol. The van der Waals surface area contributed by atoms with Crippen LogP contribution in [0, 0.1) is 5.82 Å². The Balaban J connectivity index is 0.000000555. The lowest BCUT2D eigenvalue weighted by Gasteiger charge is -2.15. The molecule has 176 valence electrons. The molecular formula is C18H20FN6O7P. The number of hydrogen-bond donors (Lipinski definition) is 4. The van der Waals surface area contributed by atoms with Crippen LogP contribution in [0.25, 0.3) is 22.6 Å². The first-order valence-electron chi connectivity index (χ1n) is 9.37. The third-order valence-electron chi connectivity index (χ3n) is 4.45. The Morgan fingerprint density at radius 2 is 1.94 bits per heavy atom. The van der Waals surface area contributed by atoms with Crippen LogP contribution in [0.5, 0.6) is 0 Å². The summed E-state index contributed by atoms with van der Waals surface area (Å²) in [7, 11) is -2.98. The summed E-state index contributed by atoms with van der Waals surface area (Å²) in [5, 5.41) is 21.3. The molecule has 1 aliphatic heterocycles. The van der Waals surface area contributed by atoms with Gasteiger partial charge in [-0.1, -0.05) is 6.07 Å². The number of ether oxygens (including phenoxy) is 1. The number of hydrogen-bond acceptors (Lipinski definition) is 8. The fourth-order valence-corrected chi connectivity index (χ4v) is 2.92. The third kappa shape index (κ3) is 6.37. The lowest BCUT2D eigenvalue weighted by Crippen LogP contribution is -2.29. The smallest absolute Gasteiger partial charge is 0.441 e. The zero-order chi connectivity index (χ0) is 24.3. The predicted molar refractivity (Wildman–Crippen MR) is 111 cm³/mol. The number of tetrazole rings is 1. The lowest BCUT2D eigenvalue weighted by molar-refractivity contribution is 0.0437. The Morgan fingerprint density at radius 3 is 2.42 bits per heavy atom. The fourth-order valence-electron chi connectivity index (χ4n) is 2.92. The van der Waals surface area contributed by atoms with Gasteiger partial charge >= 0.3 is 13.9 Å². The van der Waals surface area contributed by atoms with Crippen molar-refractivity contribution in [3.8, 4) is 22.6 Å². The summed E-state index contributed by atoms with van der Waals surface area (Å²) in [6, 6.07) is 7.86. The second-order valence-electron chi connectivity index (χ2n) is 6.99. The fraction of sp³-hybridized carbons (Fsp3) is 0.278. The van der Waals surface area contributed by atoms with E-state index in [-0.39, 0.29) is 6.54 Å². The number of carbonyl (C=O) groups excluding carboxylic acids is 1. The quantitative estimate of drug-likeness (QED) is 0.387. The number of halogens is 1. The summed E-state index contributed by atoms with van der Waals surface area (Å²) in [6.45, 7) is 1.70. The minimum Gasteiger partial charge on any atom is -0.441 e. The molecule has 3 heterocycles. The van der Waals surface area contributed by atoms with Gasteiger partial charge in [-0.2, -0.15) is 4.80 Å². The SMILES string of the molecule is CC(O)[C@@H]1CN(c2ccc(-c3ccc(-c4nnn(C)n4)nc3)c(F)c2)C(=O)O1.O=P(O)(O)O. The first-order valence-corrected chi connectivity index (χ1v) is 10.9. The van der Waals surface area contributed by atoms with Crippen LogP contribution in [0.2, 0.25) is 0 Å². The third-order valence-corrected chi connectivity index (χ3v) is 4.45. The van der Waals surface area contributed by atoms with Crippen molar-refractivity contribution in [3.05, 3.63) is 42.3 Å². The number of rotatable bonds is 4. The zero-order valence-electron chi connectivity index (χ0n) is 17.3. The van der Waals surface area contributed by atoms with Gasteiger partial charge < -0.3 is 24.5 Å². The molecule has 1 fully saturated rings. The van der Waals surface area contributed by atoms with Gasteiger partial charge in [0.05, 0.1) is 25.4 Å². The average Bonchev–Trinajstić information content (AvgIpc) is 3.33. The Bertz CT molecular complexity index is 1180. The van der Waals surface area contributed by atoms with Gasteiger partial charge in [0.15, 0.2) is 0 Å². The van der Waals surface area contributed by atoms with Crippen LogP contribution in [0.4, 0.5) is 14.9 Å². The molecule has 2 aromatic heterocycles. The average molecular weight is 482 g/mol. The number of amides is 1. The van der Waals surface area contributed by atoms with E-state index < -0.39 is 31.9 Å². The highest BCUT2D eigenvalue weighted by molar-refractivity contribution is 7.45. The number of aromatic nitrogens is 5. The van der Waals surface area contributed by atoms with Crippen molar-refractivity contribution in [2.75, 3.05) is 11.4 Å². The molecule has 1 saturated heterocycles. The van der Waals surface area contributed by atoms with Crippen molar-refractivity contribution in [1.82, 2.24) is 25.2 Å². The molecule has 0 bridgehead atoms. The van der Waals surface area contributed by atoms with Crippen molar-refractivity contribution >= 4 is 19.6 Å². The van der Waals surface area contributed by atoms with Gasteiger partial charge in [0.25, 0.3) is 0 Å². The highest BCUT2D eigenvalue weighted by Gasteiger charge is 2.35. The largest absolute Gasteiger partial charge is 0.466 e. The highest BCUT2D eigenvalue weighted by atomic mass is 31.2. The van der Waals surface area contributed by atoms with E-state index in [4.69, 9.17) is 24.0 Å². The summed E-state index contributed by atoms with van der Waals surface area (Å²) in [6.07, 6.45) is -0.522. The maximum atomic E-state index is 14.7. The topological polar surface area (TPSA) is 184 Å². The number of aliphatic hydroxyl groups is 1. The Labute approximate surface area is 186 Å². The molecule has 0 radical (unpaired) electrons. The normalized spacial score (nSPS) is 16.8. The summed E-state index contributed by atoms with van der Waals surface area (Å²) >= 11 is 0. The number of aryl methyl sites for hydroxylation is 1. The van der Waals surface area contributed by atoms with Crippen molar-refractivity contribution in [1.29, 1.82) is 0 Å². The Kier molecular flexibility index (Phi) is 7.15. The molecular weight excluding hydrogens is 462 g/mol. The van der Waals surface area contributed by atoms with Crippen LogP contribution >= 0.6 is 7.82 Å². The van der Waals surface area contributed by atoms with Gasteiger partial charge in [-0.05, 0) is 36.4 Å². The summed E-state index contributed by atoms with van der Waals surface area (Å²) in [5.41, 5.74) is 1.80. The van der Waals surface area contributed by atoms with E-state index >= 15 is 0 Å². The van der Waals surface area contributed by atoms with Gasteiger partial charge in [0, 0.05) is 17.3 Å². The highest BCUT2D eigenvalue weighted by Crippen LogP contribution is 2.30. The molecule has 4 N–H and O–H groups in total. The number of anilines is 1. The van der Waals surface area contributed by atoms with Crippen molar-refractivity contribution < 1.29 is 38.3 Å². The molecule has 1 aromatic carbocycles. The van der Waals surface area contributed by atoms with Crippen LogP contribution in [-0.4, -0.2) is 69.8 Å². The molecule has 33 heavy (non-hydrogen) atoms. The van der Waals surface area contributed by atoms with E-state index in [1.54, 1.807) is 38.2 Å². The van der Waals surface area contributed by atoms with Gasteiger partial charge in [-0.15, -0.1) is 10.2 Å². The van der Waals surface area contributed by atoms with Crippen molar-refractivity contribution in [3.63, 3.8) is 0 Å². The maximum absolute atomic E-state index is 14.7. The number of phosphoric acid groups is 1. The summed E-state index contributed by atoms with van der Waals surface area (Å²) < 4.78 is 28.7. The van der Waals surface area contributed by atoms with Crippen LogP contribution in [0.3, 0.4) is 0 Å². The van der Waals surface area contributed by atoms with Gasteiger partial charge in [0.2, 0.25) is 5.82 Å². The summed E-state index contributed by atoms with van der Waals surface area (Å²) in [4.78, 5) is 40.4. The zero-order valence-corrected chi connectivity index (χ0v) is 18.2. The van der Waals surface area contributed by atoms with Crippen molar-refractivity contribution in [2.24, 2.45) is 7.05 Å². The molecule has 4 rings (SSSR count). The van der Waals surface area contributed by atoms with Crippen LogP contribution in [0.1, 0.15) is 6.92 Å². The first kappa shape index (κ1) is 24.4.